The first-order chi connectivity index (χ1) is 33.5. The van der Waals surface area contributed by atoms with Crippen molar-refractivity contribution in [2.75, 3.05) is 13.2 Å². The molecule has 0 bridgehead atoms. The molecule has 0 spiro atoms. The lowest BCUT2D eigenvalue weighted by Crippen LogP contribution is -2.30. The number of hydrogen-bond acceptors (Lipinski definition) is 6. The van der Waals surface area contributed by atoms with Gasteiger partial charge < -0.3 is 14.2 Å². The topological polar surface area (TPSA) is 78.9 Å². The highest BCUT2D eigenvalue weighted by atomic mass is 16.6. The Hall–Kier alpha value is -2.11. The van der Waals surface area contributed by atoms with Crippen molar-refractivity contribution in [2.24, 2.45) is 0 Å². The Labute approximate surface area is 423 Å². The van der Waals surface area contributed by atoms with Crippen molar-refractivity contribution in [3.05, 3.63) is 24.3 Å². The van der Waals surface area contributed by atoms with Crippen LogP contribution in [0.25, 0.3) is 0 Å². The van der Waals surface area contributed by atoms with Crippen molar-refractivity contribution in [3.8, 4) is 0 Å². The minimum absolute atomic E-state index is 0.0714. The molecule has 0 saturated carbocycles. The van der Waals surface area contributed by atoms with E-state index in [-0.39, 0.29) is 31.1 Å². The predicted octanol–water partition coefficient (Wildman–Crippen LogP) is 20.3. The van der Waals surface area contributed by atoms with Gasteiger partial charge in [-0.1, -0.05) is 289 Å². The highest BCUT2D eigenvalue weighted by Crippen LogP contribution is 2.17. The molecule has 0 N–H and O–H groups in total. The van der Waals surface area contributed by atoms with Crippen LogP contribution in [0.2, 0.25) is 0 Å². The summed E-state index contributed by atoms with van der Waals surface area (Å²) in [6.45, 7) is 6.66. The molecule has 0 aliphatic rings. The lowest BCUT2D eigenvalue weighted by atomic mass is 10.0. The minimum atomic E-state index is -0.774. The Morgan fingerprint density at radius 1 is 0.294 bits per heavy atom. The molecule has 0 rings (SSSR count). The van der Waals surface area contributed by atoms with Crippen LogP contribution in [0.5, 0.6) is 0 Å². The lowest BCUT2D eigenvalue weighted by Gasteiger charge is -2.18. The van der Waals surface area contributed by atoms with Crippen LogP contribution < -0.4 is 0 Å². The normalized spacial score (nSPS) is 12.1. The van der Waals surface area contributed by atoms with E-state index in [0.29, 0.717) is 19.3 Å². The van der Waals surface area contributed by atoms with E-state index in [1.807, 2.05) is 0 Å². The lowest BCUT2D eigenvalue weighted by molar-refractivity contribution is -0.167. The summed E-state index contributed by atoms with van der Waals surface area (Å²) in [6.07, 6.45) is 67.5. The van der Waals surface area contributed by atoms with E-state index in [9.17, 15) is 14.4 Å². The van der Waals surface area contributed by atoms with Crippen LogP contribution in [-0.2, 0) is 28.6 Å². The summed E-state index contributed by atoms with van der Waals surface area (Å²) in [6, 6.07) is 0. The molecule has 6 heteroatoms. The molecule has 400 valence electrons. The van der Waals surface area contributed by atoms with Crippen LogP contribution in [0.1, 0.15) is 335 Å². The van der Waals surface area contributed by atoms with Crippen molar-refractivity contribution in [2.45, 2.75) is 341 Å². The van der Waals surface area contributed by atoms with Crippen molar-refractivity contribution in [1.82, 2.24) is 0 Å². The third-order valence-electron chi connectivity index (χ3n) is 13.7. The molecule has 0 aliphatic carbocycles. The van der Waals surface area contributed by atoms with Crippen LogP contribution in [0.4, 0.5) is 0 Å². The van der Waals surface area contributed by atoms with E-state index in [4.69, 9.17) is 14.2 Å². The van der Waals surface area contributed by atoms with Crippen LogP contribution in [0.15, 0.2) is 24.3 Å². The minimum Gasteiger partial charge on any atom is -0.462 e. The SMILES string of the molecule is CCCCC/C=C\C/C=C\CCCCCCCC(=O)OC(COC(=O)CCCCCCCCCCCCCCC)COC(=O)CCCCCCCCCCCCCCCCCCCCCCCC. The Kier molecular flexibility index (Phi) is 55.7. The predicted molar refractivity (Wildman–Crippen MR) is 293 cm³/mol. The smallest absolute Gasteiger partial charge is 0.306 e. The fourth-order valence-electron chi connectivity index (χ4n) is 9.12. The average molecular weight is 958 g/mol. The Balaban J connectivity index is 4.26. The molecule has 0 aromatic heterocycles. The molecule has 0 aromatic carbocycles. The van der Waals surface area contributed by atoms with Crippen LogP contribution >= 0.6 is 0 Å². The molecule has 0 saturated heterocycles. The fraction of sp³-hybridized carbons (Fsp3) is 0.887. The number of rotatable bonds is 56. The fourth-order valence-corrected chi connectivity index (χ4v) is 9.12. The van der Waals surface area contributed by atoms with E-state index in [1.54, 1.807) is 0 Å². The maximum Gasteiger partial charge on any atom is 0.306 e. The summed E-state index contributed by atoms with van der Waals surface area (Å²) in [4.78, 5) is 38.2. The van der Waals surface area contributed by atoms with Gasteiger partial charge in [0.25, 0.3) is 0 Å². The Bertz CT molecular complexity index is 1100. The highest BCUT2D eigenvalue weighted by molar-refractivity contribution is 5.71. The van der Waals surface area contributed by atoms with E-state index >= 15 is 0 Å². The molecule has 1 unspecified atom stereocenters. The quantitative estimate of drug-likeness (QED) is 0.0262. The van der Waals surface area contributed by atoms with Crippen LogP contribution in [0.3, 0.4) is 0 Å². The summed E-state index contributed by atoms with van der Waals surface area (Å²) in [7, 11) is 0. The molecule has 68 heavy (non-hydrogen) atoms. The van der Waals surface area contributed by atoms with E-state index in [0.717, 1.165) is 77.0 Å². The van der Waals surface area contributed by atoms with Gasteiger partial charge in [0.15, 0.2) is 6.10 Å². The summed E-state index contributed by atoms with van der Waals surface area (Å²) >= 11 is 0. The van der Waals surface area contributed by atoms with Gasteiger partial charge in [0, 0.05) is 19.3 Å². The molecular formula is C62H116O6. The molecule has 0 radical (unpaired) electrons. The molecule has 1 atom stereocenters. The van der Waals surface area contributed by atoms with Gasteiger partial charge in [0.2, 0.25) is 0 Å². The third kappa shape index (κ3) is 54.8. The number of carbonyl (C=O) groups excluding carboxylic acids is 3. The van der Waals surface area contributed by atoms with E-state index < -0.39 is 6.10 Å². The first-order valence-electron chi connectivity index (χ1n) is 30.3. The van der Waals surface area contributed by atoms with Crippen molar-refractivity contribution >= 4 is 17.9 Å². The summed E-state index contributed by atoms with van der Waals surface area (Å²) in [5.41, 5.74) is 0. The van der Waals surface area contributed by atoms with Crippen molar-refractivity contribution in [3.63, 3.8) is 0 Å². The number of ether oxygens (including phenoxy) is 3. The zero-order valence-corrected chi connectivity index (χ0v) is 45.9. The van der Waals surface area contributed by atoms with Gasteiger partial charge >= 0.3 is 17.9 Å². The van der Waals surface area contributed by atoms with Crippen molar-refractivity contribution < 1.29 is 28.6 Å². The van der Waals surface area contributed by atoms with Gasteiger partial charge in [0.05, 0.1) is 0 Å². The summed E-state index contributed by atoms with van der Waals surface area (Å²) in [5.74, 6) is -0.862. The molecule has 6 nitrogen and oxygen atoms in total. The van der Waals surface area contributed by atoms with Gasteiger partial charge in [-0.25, -0.2) is 0 Å². The number of allylic oxidation sites excluding steroid dienone is 4. The zero-order chi connectivity index (χ0) is 49.3. The van der Waals surface area contributed by atoms with E-state index in [1.165, 1.54) is 218 Å². The van der Waals surface area contributed by atoms with Gasteiger partial charge in [-0.2, -0.15) is 0 Å². The molecular weight excluding hydrogens is 841 g/mol. The van der Waals surface area contributed by atoms with Crippen LogP contribution in [-0.4, -0.2) is 37.2 Å². The largest absolute Gasteiger partial charge is 0.462 e. The number of carbonyl (C=O) groups is 3. The monoisotopic (exact) mass is 957 g/mol. The number of hydrogen-bond donors (Lipinski definition) is 0. The Morgan fingerprint density at radius 3 is 0.838 bits per heavy atom. The van der Waals surface area contributed by atoms with Gasteiger partial charge in [-0.05, 0) is 51.4 Å². The standard InChI is InChI=1S/C62H116O6/c1-4-7-10-13-16-19-22-25-27-28-29-30-31-32-33-35-37-40-43-46-49-52-55-61(64)67-58-59(57-66-60(63)54-51-48-45-42-39-36-24-21-18-15-12-9-6-3)68-62(65)56-53-50-47-44-41-38-34-26-23-20-17-14-11-8-5-2/h17,20,26,34,59H,4-16,18-19,21-25,27-33,35-58H2,1-3H3/b20-17-,34-26-. The summed E-state index contributed by atoms with van der Waals surface area (Å²) < 4.78 is 16.9. The highest BCUT2D eigenvalue weighted by Gasteiger charge is 2.19. The average Bonchev–Trinajstić information content (AvgIpc) is 3.34. The second kappa shape index (κ2) is 57.5. The Morgan fingerprint density at radius 2 is 0.529 bits per heavy atom. The van der Waals surface area contributed by atoms with Gasteiger partial charge in [-0.3, -0.25) is 14.4 Å². The first kappa shape index (κ1) is 65.9. The summed E-state index contributed by atoms with van der Waals surface area (Å²) in [5, 5.41) is 0. The number of unbranched alkanes of at least 4 members (excludes halogenated alkanes) is 41. The molecule has 0 fully saturated rings. The molecule has 0 aromatic rings. The zero-order valence-electron chi connectivity index (χ0n) is 45.9. The molecule has 0 heterocycles. The second-order valence-corrected chi connectivity index (χ2v) is 20.6. The second-order valence-electron chi connectivity index (χ2n) is 20.6. The third-order valence-corrected chi connectivity index (χ3v) is 13.7. The van der Waals surface area contributed by atoms with Crippen LogP contribution in [0, 0.1) is 0 Å². The van der Waals surface area contributed by atoms with Gasteiger partial charge in [0.1, 0.15) is 13.2 Å². The molecule has 0 aliphatic heterocycles. The van der Waals surface area contributed by atoms with Crippen molar-refractivity contribution in [1.29, 1.82) is 0 Å². The maximum atomic E-state index is 12.8. The van der Waals surface area contributed by atoms with E-state index in [2.05, 4.69) is 45.1 Å². The maximum absolute atomic E-state index is 12.8. The number of esters is 3. The molecule has 0 amide bonds. The first-order valence-corrected chi connectivity index (χ1v) is 30.3. The van der Waals surface area contributed by atoms with Gasteiger partial charge in [-0.15, -0.1) is 0 Å².